The number of ether oxygens (including phenoxy) is 1. The summed E-state index contributed by atoms with van der Waals surface area (Å²) in [7, 11) is 1.62. The minimum Gasteiger partial charge on any atom is -0.490 e. The average Bonchev–Trinajstić information content (AvgIpc) is 3.56. The van der Waals surface area contributed by atoms with Crippen molar-refractivity contribution in [3.05, 3.63) is 70.3 Å². The number of amides is 3. The number of rotatable bonds is 10. The molecule has 280 valence electrons. The monoisotopic (exact) mass is 742 g/mol. The predicted molar refractivity (Wildman–Crippen MR) is 204 cm³/mol. The van der Waals surface area contributed by atoms with Gasteiger partial charge in [0.1, 0.15) is 23.9 Å². The van der Waals surface area contributed by atoms with E-state index in [1.165, 1.54) is 15.9 Å². The van der Waals surface area contributed by atoms with E-state index in [0.717, 1.165) is 79.9 Å². The second-order valence-corrected chi connectivity index (χ2v) is 15.9. The fraction of sp³-hybridized carbons (Fsp3) is 0.474. The first kappa shape index (κ1) is 36.5. The number of benzene rings is 1. The van der Waals surface area contributed by atoms with E-state index in [9.17, 15) is 24.3 Å². The summed E-state index contributed by atoms with van der Waals surface area (Å²) in [5.41, 5.74) is 0.545. The second-order valence-electron chi connectivity index (χ2n) is 14.9. The number of carbonyl (C=O) groups is 3. The Morgan fingerprint density at radius 1 is 1.04 bits per heavy atom. The lowest BCUT2D eigenvalue weighted by molar-refractivity contribution is -0.134. The lowest BCUT2D eigenvalue weighted by atomic mass is 9.91. The highest BCUT2D eigenvalue weighted by Gasteiger charge is 2.30. The van der Waals surface area contributed by atoms with Crippen molar-refractivity contribution in [1.29, 1.82) is 0 Å². The maximum atomic E-state index is 13.5. The van der Waals surface area contributed by atoms with Crippen LogP contribution in [-0.4, -0.2) is 100 Å². The fourth-order valence-corrected chi connectivity index (χ4v) is 8.18. The van der Waals surface area contributed by atoms with Crippen LogP contribution < -0.4 is 30.7 Å². The van der Waals surface area contributed by atoms with Crippen molar-refractivity contribution in [2.75, 3.05) is 67.5 Å². The Bertz CT molecular complexity index is 2040. The highest BCUT2D eigenvalue weighted by atomic mass is 32.1. The van der Waals surface area contributed by atoms with Crippen molar-refractivity contribution >= 4 is 55.9 Å². The molecule has 1 atom stereocenters. The Morgan fingerprint density at radius 3 is 2.51 bits per heavy atom. The molecule has 6 heterocycles. The number of hydrogen-bond acceptors (Lipinski definition) is 12. The molecule has 3 aliphatic rings. The number of imide groups is 1. The maximum absolute atomic E-state index is 13.5. The highest BCUT2D eigenvalue weighted by molar-refractivity contribution is 7.22. The lowest BCUT2D eigenvalue weighted by Crippen LogP contribution is -2.49. The molecule has 0 spiro atoms. The molecule has 1 unspecified atom stereocenters. The Morgan fingerprint density at radius 2 is 1.81 bits per heavy atom. The van der Waals surface area contributed by atoms with Crippen molar-refractivity contribution in [2.45, 2.75) is 51.0 Å². The second kappa shape index (κ2) is 15.2. The number of piperidine rings is 2. The van der Waals surface area contributed by atoms with E-state index >= 15 is 0 Å². The van der Waals surface area contributed by atoms with E-state index in [2.05, 4.69) is 30.3 Å². The molecule has 1 aromatic carbocycles. The first-order valence-electron chi connectivity index (χ1n) is 18.2. The van der Waals surface area contributed by atoms with E-state index in [4.69, 9.17) is 9.72 Å². The number of aliphatic hydroxyl groups is 1. The third-order valence-corrected chi connectivity index (χ3v) is 11.3. The van der Waals surface area contributed by atoms with Gasteiger partial charge < -0.3 is 29.5 Å². The van der Waals surface area contributed by atoms with Gasteiger partial charge in [-0.25, -0.2) is 9.97 Å². The van der Waals surface area contributed by atoms with E-state index < -0.39 is 11.5 Å². The van der Waals surface area contributed by atoms with E-state index in [0.29, 0.717) is 24.3 Å². The fourth-order valence-electron chi connectivity index (χ4n) is 7.14. The molecule has 4 aromatic rings. The van der Waals surface area contributed by atoms with Gasteiger partial charge in [0, 0.05) is 77.7 Å². The number of nitrogens with zero attached hydrogens (tertiary/aromatic N) is 6. The van der Waals surface area contributed by atoms with Gasteiger partial charge in [-0.2, -0.15) is 0 Å². The summed E-state index contributed by atoms with van der Waals surface area (Å²) in [6.07, 6.45) is 6.45. The Labute approximate surface area is 311 Å². The number of anilines is 3. The number of aromatic nitrogens is 3. The molecule has 3 aliphatic heterocycles. The van der Waals surface area contributed by atoms with Crippen LogP contribution >= 0.6 is 11.3 Å². The van der Waals surface area contributed by atoms with Crippen LogP contribution in [0.4, 0.5) is 16.6 Å². The summed E-state index contributed by atoms with van der Waals surface area (Å²) in [5, 5.41) is 16.4. The zero-order valence-electron chi connectivity index (χ0n) is 30.3. The van der Waals surface area contributed by atoms with Crippen molar-refractivity contribution in [2.24, 2.45) is 13.0 Å². The smallest absolute Gasteiger partial charge is 0.274 e. The SMILES string of the molecule is Cn1cccc(NC(=O)c2cc3sc(N4CCN(CC5CCN(c6ccc(C7CCC(=O)NC7=O)cn6)CC5)CC4)nc3cc2OCC(C)(C)O)c1=O. The minimum absolute atomic E-state index is 0.0274. The zero-order valence-corrected chi connectivity index (χ0v) is 31.2. The number of carbonyl (C=O) groups excluding carboxylic acids is 3. The molecular formula is C38H46N8O6S. The van der Waals surface area contributed by atoms with Gasteiger partial charge in [-0.05, 0) is 68.9 Å². The molecule has 0 aliphatic carbocycles. The standard InChI is InChI=1S/C38H46N8O6S/c1-38(2,51)23-52-30-20-29-31(19-27(30)35(49)40-28-5-4-12-43(3)36(28)50)53-37(41-29)46-17-15-44(16-18-46)22-24-10-13-45(14-11-24)32-8-6-25(21-39-32)26-7-9-33(47)42-34(26)48/h4-6,8,12,19-21,24,26,51H,7,9-11,13-18,22-23H2,1-3H3,(H,40,49)(H,42,47,48). The number of pyridine rings is 2. The highest BCUT2D eigenvalue weighted by Crippen LogP contribution is 2.35. The van der Waals surface area contributed by atoms with Crippen LogP contribution in [0.2, 0.25) is 0 Å². The van der Waals surface area contributed by atoms with Crippen molar-refractivity contribution in [1.82, 2.24) is 24.8 Å². The number of aryl methyl sites for hydroxylation is 1. The Kier molecular flexibility index (Phi) is 10.5. The van der Waals surface area contributed by atoms with Crippen molar-refractivity contribution < 1.29 is 24.2 Å². The molecule has 14 nitrogen and oxygen atoms in total. The van der Waals surface area contributed by atoms with Gasteiger partial charge in [0.15, 0.2) is 5.13 Å². The van der Waals surface area contributed by atoms with Gasteiger partial charge in [-0.1, -0.05) is 17.4 Å². The van der Waals surface area contributed by atoms with Crippen LogP contribution in [-0.2, 0) is 16.6 Å². The first-order valence-corrected chi connectivity index (χ1v) is 19.0. The van der Waals surface area contributed by atoms with Gasteiger partial charge in [-0.15, -0.1) is 0 Å². The average molecular weight is 743 g/mol. The maximum Gasteiger partial charge on any atom is 0.274 e. The van der Waals surface area contributed by atoms with Crippen molar-refractivity contribution in [3.63, 3.8) is 0 Å². The van der Waals surface area contributed by atoms with Gasteiger partial charge >= 0.3 is 0 Å². The number of nitrogens with one attached hydrogen (secondary N) is 2. The van der Waals surface area contributed by atoms with Gasteiger partial charge in [0.05, 0.1) is 27.3 Å². The third kappa shape index (κ3) is 8.53. The van der Waals surface area contributed by atoms with E-state index in [-0.39, 0.29) is 46.9 Å². The molecule has 0 saturated carbocycles. The van der Waals surface area contributed by atoms with Gasteiger partial charge in [0.25, 0.3) is 11.5 Å². The molecular weight excluding hydrogens is 697 g/mol. The Balaban J connectivity index is 0.943. The summed E-state index contributed by atoms with van der Waals surface area (Å²) in [6, 6.07) is 10.7. The quantitative estimate of drug-likeness (QED) is 0.205. The van der Waals surface area contributed by atoms with Crippen LogP contribution in [0.1, 0.15) is 61.4 Å². The molecule has 15 heteroatoms. The van der Waals surface area contributed by atoms with Crippen molar-refractivity contribution in [3.8, 4) is 5.75 Å². The van der Waals surface area contributed by atoms with E-state index in [1.807, 2.05) is 12.1 Å². The van der Waals surface area contributed by atoms with Crippen LogP contribution in [0.25, 0.3) is 10.2 Å². The number of thiazole rings is 1. The number of piperazine rings is 1. The summed E-state index contributed by atoms with van der Waals surface area (Å²) in [5.74, 6) is 0.568. The van der Waals surface area contributed by atoms with Crippen LogP contribution in [0.15, 0.2) is 53.6 Å². The lowest BCUT2D eigenvalue weighted by Gasteiger charge is -2.39. The molecule has 3 aromatic heterocycles. The summed E-state index contributed by atoms with van der Waals surface area (Å²) in [4.78, 5) is 66.6. The molecule has 3 N–H and O–H groups in total. The predicted octanol–water partition coefficient (Wildman–Crippen LogP) is 3.35. The normalized spacial score (nSPS) is 19.1. The topological polar surface area (TPSA) is 162 Å². The minimum atomic E-state index is -1.12. The largest absolute Gasteiger partial charge is 0.490 e. The van der Waals surface area contributed by atoms with E-state index in [1.54, 1.807) is 57.6 Å². The third-order valence-electron chi connectivity index (χ3n) is 10.2. The molecule has 3 saturated heterocycles. The summed E-state index contributed by atoms with van der Waals surface area (Å²) >= 11 is 1.52. The number of fused-ring (bicyclic) bond motifs is 1. The molecule has 53 heavy (non-hydrogen) atoms. The molecule has 3 fully saturated rings. The Hall–Kier alpha value is -4.86. The summed E-state index contributed by atoms with van der Waals surface area (Å²) in [6.45, 7) is 9.70. The van der Waals surface area contributed by atoms with Crippen LogP contribution in [0.5, 0.6) is 5.75 Å². The number of hydrogen-bond donors (Lipinski definition) is 3. The molecule has 0 radical (unpaired) electrons. The first-order chi connectivity index (χ1) is 25.4. The molecule has 3 amide bonds. The molecule has 0 bridgehead atoms. The zero-order chi connectivity index (χ0) is 37.3. The molecule has 7 rings (SSSR count). The van der Waals surface area contributed by atoms with Gasteiger partial charge in [-0.3, -0.25) is 29.4 Å². The van der Waals surface area contributed by atoms with Crippen LogP contribution in [0.3, 0.4) is 0 Å². The van der Waals surface area contributed by atoms with Gasteiger partial charge in [0.2, 0.25) is 11.8 Å². The van der Waals surface area contributed by atoms with Crippen LogP contribution in [0, 0.1) is 5.92 Å². The summed E-state index contributed by atoms with van der Waals surface area (Å²) < 4.78 is 8.18.